The summed E-state index contributed by atoms with van der Waals surface area (Å²) in [5.74, 6) is 0.571. The summed E-state index contributed by atoms with van der Waals surface area (Å²) < 4.78 is 0. The molecule has 116 valence electrons. The van der Waals surface area contributed by atoms with Gasteiger partial charge in [0.2, 0.25) is 0 Å². The maximum atomic E-state index is 6.19. The van der Waals surface area contributed by atoms with Crippen LogP contribution in [0.3, 0.4) is 0 Å². The number of halogens is 1. The van der Waals surface area contributed by atoms with Crippen LogP contribution in [-0.4, -0.2) is 18.5 Å². The van der Waals surface area contributed by atoms with E-state index in [1.807, 2.05) is 0 Å². The van der Waals surface area contributed by atoms with Gasteiger partial charge >= 0.3 is 0 Å². The van der Waals surface area contributed by atoms with Crippen LogP contribution < -0.4 is 5.32 Å². The predicted octanol–water partition coefficient (Wildman–Crippen LogP) is 5.76. The highest BCUT2D eigenvalue weighted by Gasteiger charge is 2.07. The van der Waals surface area contributed by atoms with Crippen LogP contribution >= 0.6 is 11.6 Å². The molecule has 0 amide bonds. The minimum Gasteiger partial charge on any atom is -0.315 e. The standard InChI is InChI=1S/C17H36ClN/c1-4-5-6-7-8-9-10-11-12-13-14-19-15-17(18)16(2)3/h16-17,19H,4-15H2,1-3H3. The smallest absolute Gasteiger partial charge is 0.0483 e. The van der Waals surface area contributed by atoms with Gasteiger partial charge in [-0.15, -0.1) is 11.6 Å². The van der Waals surface area contributed by atoms with E-state index in [0.29, 0.717) is 5.92 Å². The highest BCUT2D eigenvalue weighted by molar-refractivity contribution is 6.20. The molecule has 0 saturated heterocycles. The molecule has 1 atom stereocenters. The summed E-state index contributed by atoms with van der Waals surface area (Å²) in [5, 5.41) is 3.74. The van der Waals surface area contributed by atoms with E-state index < -0.39 is 0 Å². The minimum atomic E-state index is 0.281. The number of hydrogen-bond donors (Lipinski definition) is 1. The van der Waals surface area contributed by atoms with E-state index >= 15 is 0 Å². The highest BCUT2D eigenvalue weighted by atomic mass is 35.5. The van der Waals surface area contributed by atoms with Crippen molar-refractivity contribution in [3.63, 3.8) is 0 Å². The van der Waals surface area contributed by atoms with E-state index in [0.717, 1.165) is 13.1 Å². The van der Waals surface area contributed by atoms with E-state index in [1.54, 1.807) is 0 Å². The molecule has 0 aromatic heterocycles. The van der Waals surface area contributed by atoms with Gasteiger partial charge in [0, 0.05) is 11.9 Å². The van der Waals surface area contributed by atoms with Crippen molar-refractivity contribution >= 4 is 11.6 Å². The summed E-state index contributed by atoms with van der Waals surface area (Å²) in [6, 6.07) is 0. The molecule has 0 aromatic rings. The Labute approximate surface area is 126 Å². The predicted molar refractivity (Wildman–Crippen MR) is 89.2 cm³/mol. The molecule has 19 heavy (non-hydrogen) atoms. The third-order valence-corrected chi connectivity index (χ3v) is 4.43. The van der Waals surface area contributed by atoms with Crippen LogP contribution in [0.2, 0.25) is 0 Å². The van der Waals surface area contributed by atoms with Crippen molar-refractivity contribution in [2.24, 2.45) is 5.92 Å². The third-order valence-electron chi connectivity index (χ3n) is 3.77. The van der Waals surface area contributed by atoms with Gasteiger partial charge in [0.15, 0.2) is 0 Å². The minimum absolute atomic E-state index is 0.281. The molecule has 2 heteroatoms. The Kier molecular flexibility index (Phi) is 14.8. The van der Waals surface area contributed by atoms with Crippen LogP contribution in [-0.2, 0) is 0 Å². The monoisotopic (exact) mass is 289 g/mol. The molecule has 0 aliphatic heterocycles. The van der Waals surface area contributed by atoms with Gasteiger partial charge in [-0.05, 0) is 18.9 Å². The Balaban J connectivity index is 3.03. The van der Waals surface area contributed by atoms with Gasteiger partial charge in [0.1, 0.15) is 0 Å². The SMILES string of the molecule is CCCCCCCCCCCCNCC(Cl)C(C)C. The molecule has 0 bridgehead atoms. The van der Waals surface area contributed by atoms with E-state index in [2.05, 4.69) is 26.1 Å². The molecule has 1 nitrogen and oxygen atoms in total. The highest BCUT2D eigenvalue weighted by Crippen LogP contribution is 2.10. The van der Waals surface area contributed by atoms with Crippen LogP contribution in [0, 0.1) is 5.92 Å². The van der Waals surface area contributed by atoms with Crippen molar-refractivity contribution in [2.75, 3.05) is 13.1 Å². The number of alkyl halides is 1. The molecule has 1 N–H and O–H groups in total. The summed E-state index contributed by atoms with van der Waals surface area (Å²) in [6.45, 7) is 8.73. The molecule has 0 rings (SSSR count). The van der Waals surface area contributed by atoms with Crippen molar-refractivity contribution in [1.82, 2.24) is 5.32 Å². The fourth-order valence-corrected chi connectivity index (χ4v) is 2.32. The quantitative estimate of drug-likeness (QED) is 0.317. The summed E-state index contributed by atoms with van der Waals surface area (Å²) in [6.07, 6.45) is 14.1. The normalized spacial score (nSPS) is 13.1. The van der Waals surface area contributed by atoms with E-state index in [4.69, 9.17) is 11.6 Å². The molecular weight excluding hydrogens is 254 g/mol. The summed E-state index contributed by atoms with van der Waals surface area (Å²) in [5.41, 5.74) is 0. The van der Waals surface area contributed by atoms with Crippen LogP contribution in [0.25, 0.3) is 0 Å². The molecule has 0 radical (unpaired) electrons. The zero-order valence-corrected chi connectivity index (χ0v) is 14.3. The molecule has 0 aliphatic carbocycles. The van der Waals surface area contributed by atoms with Crippen molar-refractivity contribution in [3.8, 4) is 0 Å². The lowest BCUT2D eigenvalue weighted by Crippen LogP contribution is -2.27. The van der Waals surface area contributed by atoms with Gasteiger partial charge in [-0.1, -0.05) is 78.6 Å². The molecule has 0 aliphatic rings. The van der Waals surface area contributed by atoms with Crippen molar-refractivity contribution in [1.29, 1.82) is 0 Å². The van der Waals surface area contributed by atoms with Crippen molar-refractivity contribution in [2.45, 2.75) is 90.4 Å². The number of hydrogen-bond acceptors (Lipinski definition) is 1. The zero-order valence-electron chi connectivity index (χ0n) is 13.5. The Bertz CT molecular complexity index is 171. The zero-order chi connectivity index (χ0) is 14.3. The Hall–Kier alpha value is 0.250. The first-order chi connectivity index (χ1) is 9.18. The molecule has 0 aromatic carbocycles. The topological polar surface area (TPSA) is 12.0 Å². The molecule has 0 heterocycles. The maximum absolute atomic E-state index is 6.19. The fourth-order valence-electron chi connectivity index (χ4n) is 2.21. The van der Waals surface area contributed by atoms with Crippen LogP contribution in [0.1, 0.15) is 85.0 Å². The van der Waals surface area contributed by atoms with Crippen LogP contribution in [0.4, 0.5) is 0 Å². The lowest BCUT2D eigenvalue weighted by atomic mass is 10.1. The second-order valence-corrected chi connectivity index (χ2v) is 6.71. The molecule has 0 fully saturated rings. The van der Waals surface area contributed by atoms with Gasteiger partial charge in [0.05, 0.1) is 0 Å². The summed E-state index contributed by atoms with van der Waals surface area (Å²) in [4.78, 5) is 0. The van der Waals surface area contributed by atoms with Crippen molar-refractivity contribution in [3.05, 3.63) is 0 Å². The summed E-state index contributed by atoms with van der Waals surface area (Å²) >= 11 is 6.19. The van der Waals surface area contributed by atoms with E-state index in [-0.39, 0.29) is 5.38 Å². The third kappa shape index (κ3) is 14.5. The van der Waals surface area contributed by atoms with Crippen LogP contribution in [0.15, 0.2) is 0 Å². The number of nitrogens with one attached hydrogen (secondary N) is 1. The van der Waals surface area contributed by atoms with E-state index in [1.165, 1.54) is 64.2 Å². The van der Waals surface area contributed by atoms with E-state index in [9.17, 15) is 0 Å². The van der Waals surface area contributed by atoms with Gasteiger partial charge in [-0.2, -0.15) is 0 Å². The first kappa shape index (κ1) is 19.2. The Morgan fingerprint density at radius 3 is 1.74 bits per heavy atom. The first-order valence-corrected chi connectivity index (χ1v) is 8.97. The Morgan fingerprint density at radius 2 is 1.26 bits per heavy atom. The average molecular weight is 290 g/mol. The van der Waals surface area contributed by atoms with Crippen LogP contribution in [0.5, 0.6) is 0 Å². The molecule has 1 unspecified atom stereocenters. The molecule has 0 spiro atoms. The lowest BCUT2D eigenvalue weighted by molar-refractivity contribution is 0.518. The number of unbranched alkanes of at least 4 members (excludes halogenated alkanes) is 9. The fraction of sp³-hybridized carbons (Fsp3) is 1.00. The molecular formula is C17H36ClN. The largest absolute Gasteiger partial charge is 0.315 e. The lowest BCUT2D eigenvalue weighted by Gasteiger charge is -2.13. The second kappa shape index (κ2) is 14.7. The number of rotatable bonds is 14. The van der Waals surface area contributed by atoms with Crippen molar-refractivity contribution < 1.29 is 0 Å². The second-order valence-electron chi connectivity index (χ2n) is 6.15. The molecule has 0 saturated carbocycles. The van der Waals surface area contributed by atoms with Gasteiger partial charge in [-0.3, -0.25) is 0 Å². The van der Waals surface area contributed by atoms with Gasteiger partial charge in [0.25, 0.3) is 0 Å². The maximum Gasteiger partial charge on any atom is 0.0483 e. The van der Waals surface area contributed by atoms with Gasteiger partial charge < -0.3 is 5.32 Å². The first-order valence-electron chi connectivity index (χ1n) is 8.53. The Morgan fingerprint density at radius 1 is 0.789 bits per heavy atom. The van der Waals surface area contributed by atoms with Gasteiger partial charge in [-0.25, -0.2) is 0 Å². The average Bonchev–Trinajstić information content (AvgIpc) is 2.39. The summed E-state index contributed by atoms with van der Waals surface area (Å²) in [7, 11) is 0.